The zero-order chi connectivity index (χ0) is 59.8. The Morgan fingerprint density at radius 1 is 0.390 bits per heavy atom. The number of nitrogens with zero attached hydrogens (tertiary/aromatic N) is 1. The zero-order valence-corrected chi connectivity index (χ0v) is 55.1. The van der Waals surface area contributed by atoms with Gasteiger partial charge < -0.3 is 27.9 Å². The summed E-state index contributed by atoms with van der Waals surface area (Å²) in [6.45, 7) is 4.16. The first-order valence-corrected chi connectivity index (χ1v) is 35.8. The van der Waals surface area contributed by atoms with Crippen LogP contribution in [0.5, 0.6) is 0 Å². The third kappa shape index (κ3) is 66.3. The summed E-state index contributed by atoms with van der Waals surface area (Å²) in [5, 5.41) is 0. The van der Waals surface area contributed by atoms with Crippen molar-refractivity contribution in [1.29, 1.82) is 0 Å². The minimum absolute atomic E-state index is 0.0329. The summed E-state index contributed by atoms with van der Waals surface area (Å²) in [6.07, 6.45) is 85.1. The second-order valence-corrected chi connectivity index (χ2v) is 25.6. The lowest BCUT2D eigenvalue weighted by Gasteiger charge is -2.28. The molecule has 9 nitrogen and oxygen atoms in total. The highest BCUT2D eigenvalue weighted by Crippen LogP contribution is 2.38. The Hall–Kier alpha value is -2.81. The smallest absolute Gasteiger partial charge is 0.306 e. The number of allylic oxidation sites excluding steroid dienone is 14. The van der Waals surface area contributed by atoms with Crippen molar-refractivity contribution in [2.24, 2.45) is 0 Å². The number of quaternary nitrogens is 1. The van der Waals surface area contributed by atoms with E-state index in [1.165, 1.54) is 199 Å². The predicted molar refractivity (Wildman–Crippen MR) is 351 cm³/mol. The Morgan fingerprint density at radius 2 is 0.695 bits per heavy atom. The molecule has 0 aromatic carbocycles. The normalized spacial score (nSPS) is 13.7. The van der Waals surface area contributed by atoms with E-state index in [4.69, 9.17) is 18.5 Å². The molecule has 2 unspecified atom stereocenters. The molecule has 0 amide bonds. The van der Waals surface area contributed by atoms with Gasteiger partial charge in [-0.2, -0.15) is 0 Å². The molecule has 0 bridgehead atoms. The molecule has 0 aliphatic heterocycles. The minimum Gasteiger partial charge on any atom is -0.756 e. The maximum absolute atomic E-state index is 12.9. The van der Waals surface area contributed by atoms with Crippen LogP contribution in [0, 0.1) is 0 Å². The third-order valence-corrected chi connectivity index (χ3v) is 15.9. The lowest BCUT2D eigenvalue weighted by molar-refractivity contribution is -0.870. The molecule has 10 heteroatoms. The van der Waals surface area contributed by atoms with E-state index in [2.05, 4.69) is 98.9 Å². The summed E-state index contributed by atoms with van der Waals surface area (Å²) in [4.78, 5) is 38.1. The van der Waals surface area contributed by atoms with E-state index in [9.17, 15) is 19.0 Å². The number of carbonyl (C=O) groups excluding carboxylic acids is 2. The molecule has 0 aliphatic carbocycles. The quantitative estimate of drug-likeness (QED) is 0.0195. The SMILES string of the molecule is CC/C=C\C/C=C\C/C=C\C/C=C\C/C=C\C/C=C\CCCCCCCCCCCCCCC(=O)OC(COC(=O)CCCCCCCCCCCCCCCCC/C=C\CCCCCCCCCC)COP(=O)([O-])OCC[N+](C)(C)C. The lowest BCUT2D eigenvalue weighted by Crippen LogP contribution is -2.37. The van der Waals surface area contributed by atoms with Crippen molar-refractivity contribution in [3.63, 3.8) is 0 Å². The Morgan fingerprint density at radius 3 is 1.05 bits per heavy atom. The summed E-state index contributed by atoms with van der Waals surface area (Å²) < 4.78 is 34.3. The van der Waals surface area contributed by atoms with Crippen molar-refractivity contribution in [2.45, 2.75) is 315 Å². The van der Waals surface area contributed by atoms with Crippen LogP contribution in [-0.2, 0) is 32.7 Å². The monoisotopic (exact) mass is 1170 g/mol. The summed E-state index contributed by atoms with van der Waals surface area (Å²) in [7, 11) is 1.17. The van der Waals surface area contributed by atoms with Crippen molar-refractivity contribution in [3.05, 3.63) is 85.1 Å². The molecule has 476 valence electrons. The van der Waals surface area contributed by atoms with E-state index < -0.39 is 26.5 Å². The van der Waals surface area contributed by atoms with Crippen LogP contribution in [-0.4, -0.2) is 70.0 Å². The Bertz CT molecular complexity index is 1660. The van der Waals surface area contributed by atoms with Gasteiger partial charge in [-0.05, 0) is 89.9 Å². The Labute approximate surface area is 507 Å². The standard InChI is InChI=1S/C72H130NO8P/c1-6-8-10-12-14-16-18-20-22-24-26-28-30-32-34-35-36-37-39-41-43-45-47-49-51-53-55-57-59-61-63-65-72(75)81-70(69-80-82(76,77)79-67-66-73(3,4)5)68-78-71(74)64-62-60-58-56-54-52-50-48-46-44-42-40-38-33-31-29-27-25-23-21-19-17-15-13-11-9-7-2/h8,10,14,16,20,22,25-28,32,34,36-37,70H,6-7,9,11-13,15,17-19,21,23-24,29-31,33,35,38-69H2,1-5H3/b10-8-,16-14-,22-20-,27-25-,28-26-,34-32-,37-36-. The van der Waals surface area contributed by atoms with Gasteiger partial charge in [0.25, 0.3) is 7.82 Å². The molecule has 0 saturated carbocycles. The fourth-order valence-electron chi connectivity index (χ4n) is 9.66. The molecule has 0 spiro atoms. The van der Waals surface area contributed by atoms with Gasteiger partial charge >= 0.3 is 11.9 Å². The summed E-state index contributed by atoms with van der Waals surface area (Å²) in [5.41, 5.74) is 0. The van der Waals surface area contributed by atoms with Gasteiger partial charge in [0.2, 0.25) is 0 Å². The summed E-state index contributed by atoms with van der Waals surface area (Å²) in [6, 6.07) is 0. The van der Waals surface area contributed by atoms with Gasteiger partial charge in [-0.25, -0.2) is 0 Å². The average Bonchev–Trinajstić information content (AvgIpc) is 3.46. The number of ether oxygens (including phenoxy) is 2. The number of phosphoric acid groups is 1. The molecule has 0 saturated heterocycles. The maximum atomic E-state index is 12.9. The molecule has 0 aromatic heterocycles. The number of unbranched alkanes of at least 4 members (excludes halogenated alkanes) is 35. The van der Waals surface area contributed by atoms with Crippen LogP contribution in [0.3, 0.4) is 0 Å². The molecule has 0 rings (SSSR count). The van der Waals surface area contributed by atoms with Crippen molar-refractivity contribution in [3.8, 4) is 0 Å². The number of hydrogen-bond acceptors (Lipinski definition) is 8. The summed E-state index contributed by atoms with van der Waals surface area (Å²) >= 11 is 0. The van der Waals surface area contributed by atoms with Gasteiger partial charge in [-0.1, -0.05) is 292 Å². The molecule has 0 radical (unpaired) electrons. The van der Waals surface area contributed by atoms with E-state index in [-0.39, 0.29) is 32.0 Å². The van der Waals surface area contributed by atoms with Crippen molar-refractivity contribution in [1.82, 2.24) is 0 Å². The Balaban J connectivity index is 4.07. The van der Waals surface area contributed by atoms with E-state index in [1.54, 1.807) is 0 Å². The van der Waals surface area contributed by atoms with E-state index >= 15 is 0 Å². The molecular formula is C72H130NO8P. The number of rotatable bonds is 63. The highest BCUT2D eigenvalue weighted by molar-refractivity contribution is 7.45. The Kier molecular flexibility index (Phi) is 60.6. The number of carbonyl (C=O) groups is 2. The first-order valence-electron chi connectivity index (χ1n) is 34.3. The lowest BCUT2D eigenvalue weighted by atomic mass is 10.0. The molecule has 0 aliphatic rings. The molecule has 0 N–H and O–H groups in total. The average molecular weight is 1170 g/mol. The van der Waals surface area contributed by atoms with Crippen LogP contribution in [0.2, 0.25) is 0 Å². The number of hydrogen-bond donors (Lipinski definition) is 0. The second-order valence-electron chi connectivity index (χ2n) is 24.2. The highest BCUT2D eigenvalue weighted by atomic mass is 31.2. The first-order chi connectivity index (χ1) is 40.0. The van der Waals surface area contributed by atoms with Crippen LogP contribution in [0.15, 0.2) is 85.1 Å². The van der Waals surface area contributed by atoms with Crippen molar-refractivity contribution in [2.75, 3.05) is 47.5 Å². The number of likely N-dealkylation sites (N-methyl/N-ethyl adjacent to an activating group) is 1. The van der Waals surface area contributed by atoms with Gasteiger partial charge in [0, 0.05) is 12.8 Å². The molecule has 0 fully saturated rings. The van der Waals surface area contributed by atoms with Gasteiger partial charge in [0.05, 0.1) is 27.7 Å². The van der Waals surface area contributed by atoms with Gasteiger partial charge in [-0.3, -0.25) is 14.2 Å². The fraction of sp³-hybridized carbons (Fsp3) is 0.778. The molecule has 0 heterocycles. The third-order valence-electron chi connectivity index (χ3n) is 14.9. The van der Waals surface area contributed by atoms with Crippen LogP contribution in [0.1, 0.15) is 309 Å². The van der Waals surface area contributed by atoms with Crippen molar-refractivity contribution >= 4 is 19.8 Å². The van der Waals surface area contributed by atoms with Gasteiger partial charge in [0.1, 0.15) is 19.8 Å². The largest absolute Gasteiger partial charge is 0.756 e. The van der Waals surface area contributed by atoms with Gasteiger partial charge in [-0.15, -0.1) is 0 Å². The van der Waals surface area contributed by atoms with Crippen molar-refractivity contribution < 1.29 is 42.1 Å². The van der Waals surface area contributed by atoms with Crippen LogP contribution >= 0.6 is 7.82 Å². The van der Waals surface area contributed by atoms with E-state index in [1.807, 2.05) is 21.1 Å². The number of phosphoric ester groups is 1. The van der Waals surface area contributed by atoms with Crippen LogP contribution < -0.4 is 4.89 Å². The molecule has 82 heavy (non-hydrogen) atoms. The minimum atomic E-state index is -4.64. The van der Waals surface area contributed by atoms with E-state index in [0.29, 0.717) is 17.4 Å². The number of esters is 2. The molecule has 0 aromatic rings. The predicted octanol–water partition coefficient (Wildman–Crippen LogP) is 21.5. The molecule has 2 atom stereocenters. The first kappa shape index (κ1) is 79.2. The molecular weight excluding hydrogens is 1040 g/mol. The zero-order valence-electron chi connectivity index (χ0n) is 54.2. The van der Waals surface area contributed by atoms with E-state index in [0.717, 1.165) is 77.0 Å². The second kappa shape index (κ2) is 62.7. The topological polar surface area (TPSA) is 111 Å². The summed E-state index contributed by atoms with van der Waals surface area (Å²) in [5.74, 6) is -0.826. The van der Waals surface area contributed by atoms with Crippen LogP contribution in [0.25, 0.3) is 0 Å². The van der Waals surface area contributed by atoms with Gasteiger partial charge in [0.15, 0.2) is 6.10 Å². The van der Waals surface area contributed by atoms with Crippen LogP contribution in [0.4, 0.5) is 0 Å². The highest BCUT2D eigenvalue weighted by Gasteiger charge is 2.22. The fourth-order valence-corrected chi connectivity index (χ4v) is 10.4. The maximum Gasteiger partial charge on any atom is 0.306 e.